The predicted octanol–water partition coefficient (Wildman–Crippen LogP) is 2.98. The fourth-order valence-electron chi connectivity index (χ4n) is 1.49. The van der Waals surface area contributed by atoms with E-state index in [0.29, 0.717) is 5.15 Å². The van der Waals surface area contributed by atoms with Gasteiger partial charge in [-0.3, -0.25) is 9.20 Å². The van der Waals surface area contributed by atoms with Crippen molar-refractivity contribution < 1.29 is 4.79 Å². The summed E-state index contributed by atoms with van der Waals surface area (Å²) in [5.41, 5.74) is 0.470. The van der Waals surface area contributed by atoms with E-state index in [1.54, 1.807) is 6.08 Å². The van der Waals surface area contributed by atoms with Crippen LogP contribution < -0.4 is 5.32 Å². The standard InChI is InChI=1S/C12H14ClN3OS/c1-12(2,3)15-9(17)5-4-8-10(13)14-11-16(8)6-7-18-11/h4-7H,1-3H3,(H,15,17)/b5-4-. The Bertz CT molecular complexity index is 606. The molecule has 1 amide bonds. The number of nitrogens with one attached hydrogen (secondary N) is 1. The molecule has 4 nitrogen and oxygen atoms in total. The molecular weight excluding hydrogens is 270 g/mol. The maximum Gasteiger partial charge on any atom is 0.244 e. The molecule has 0 aromatic carbocycles. The highest BCUT2D eigenvalue weighted by Crippen LogP contribution is 2.22. The summed E-state index contributed by atoms with van der Waals surface area (Å²) >= 11 is 7.52. The minimum absolute atomic E-state index is 0.149. The number of aromatic nitrogens is 2. The van der Waals surface area contributed by atoms with Crippen LogP contribution in [0.1, 0.15) is 26.5 Å². The first-order valence-corrected chi connectivity index (χ1v) is 6.74. The number of carbonyl (C=O) groups excluding carboxylic acids is 1. The number of nitrogens with zero attached hydrogens (tertiary/aromatic N) is 2. The number of carbonyl (C=O) groups is 1. The number of rotatable bonds is 2. The Hall–Kier alpha value is -1.33. The maximum atomic E-state index is 11.7. The first-order chi connectivity index (χ1) is 8.37. The van der Waals surface area contributed by atoms with Crippen LogP contribution in [-0.2, 0) is 4.79 Å². The lowest BCUT2D eigenvalue weighted by Gasteiger charge is -2.18. The van der Waals surface area contributed by atoms with Crippen molar-refractivity contribution in [1.29, 1.82) is 0 Å². The molecule has 0 saturated carbocycles. The van der Waals surface area contributed by atoms with E-state index in [4.69, 9.17) is 11.6 Å². The van der Waals surface area contributed by atoms with Crippen LogP contribution in [0.3, 0.4) is 0 Å². The summed E-state index contributed by atoms with van der Waals surface area (Å²) in [5, 5.41) is 5.17. The molecule has 2 aromatic rings. The molecule has 2 aromatic heterocycles. The molecule has 6 heteroatoms. The van der Waals surface area contributed by atoms with Crippen LogP contribution in [0.2, 0.25) is 5.15 Å². The predicted molar refractivity (Wildman–Crippen MR) is 75.0 cm³/mol. The van der Waals surface area contributed by atoms with Gasteiger partial charge in [0, 0.05) is 23.2 Å². The Balaban J connectivity index is 2.20. The van der Waals surface area contributed by atoms with Crippen LogP contribution >= 0.6 is 22.9 Å². The van der Waals surface area contributed by atoms with E-state index in [0.717, 1.165) is 10.7 Å². The molecule has 0 aliphatic rings. The molecule has 0 unspecified atom stereocenters. The quantitative estimate of drug-likeness (QED) is 0.861. The van der Waals surface area contributed by atoms with E-state index in [1.165, 1.54) is 17.4 Å². The fourth-order valence-corrected chi connectivity index (χ4v) is 2.50. The minimum atomic E-state index is -0.250. The van der Waals surface area contributed by atoms with Gasteiger partial charge in [-0.25, -0.2) is 4.98 Å². The summed E-state index contributed by atoms with van der Waals surface area (Å²) in [6, 6.07) is 0. The normalized spacial score (nSPS) is 12.4. The van der Waals surface area contributed by atoms with Gasteiger partial charge >= 0.3 is 0 Å². The van der Waals surface area contributed by atoms with Gasteiger partial charge in [0.25, 0.3) is 0 Å². The average molecular weight is 284 g/mol. The van der Waals surface area contributed by atoms with Gasteiger partial charge in [-0.05, 0) is 26.8 Å². The Morgan fingerprint density at radius 3 is 2.94 bits per heavy atom. The molecule has 0 radical (unpaired) electrons. The zero-order chi connectivity index (χ0) is 13.3. The van der Waals surface area contributed by atoms with Gasteiger partial charge in [0.15, 0.2) is 10.1 Å². The summed E-state index contributed by atoms with van der Waals surface area (Å²) in [7, 11) is 0. The molecule has 0 fully saturated rings. The summed E-state index contributed by atoms with van der Waals surface area (Å²) in [6.45, 7) is 5.80. The maximum absolute atomic E-state index is 11.7. The molecule has 0 atom stereocenters. The summed E-state index contributed by atoms with van der Waals surface area (Å²) in [4.78, 5) is 16.7. The van der Waals surface area contributed by atoms with Crippen LogP contribution in [-0.4, -0.2) is 20.8 Å². The summed E-state index contributed by atoms with van der Waals surface area (Å²) in [6.07, 6.45) is 5.02. The van der Waals surface area contributed by atoms with Crippen molar-refractivity contribution in [2.45, 2.75) is 26.3 Å². The Kier molecular flexibility index (Phi) is 3.45. The number of hydrogen-bond donors (Lipinski definition) is 1. The van der Waals surface area contributed by atoms with E-state index < -0.39 is 0 Å². The van der Waals surface area contributed by atoms with Gasteiger partial charge in [-0.2, -0.15) is 0 Å². The van der Waals surface area contributed by atoms with Crippen molar-refractivity contribution in [1.82, 2.24) is 14.7 Å². The molecule has 96 valence electrons. The van der Waals surface area contributed by atoms with E-state index in [-0.39, 0.29) is 11.4 Å². The van der Waals surface area contributed by atoms with E-state index in [2.05, 4.69) is 10.3 Å². The topological polar surface area (TPSA) is 46.4 Å². The SMILES string of the molecule is CC(C)(C)NC(=O)/C=C\c1c(Cl)nc2sccn12. The van der Waals surface area contributed by atoms with Crippen LogP contribution in [0.4, 0.5) is 0 Å². The minimum Gasteiger partial charge on any atom is -0.348 e. The summed E-state index contributed by atoms with van der Waals surface area (Å²) in [5.74, 6) is -0.149. The third-order valence-corrected chi connectivity index (χ3v) is 3.18. The molecule has 0 aliphatic heterocycles. The highest BCUT2D eigenvalue weighted by Gasteiger charge is 2.12. The number of imidazole rings is 1. The van der Waals surface area contributed by atoms with E-state index in [9.17, 15) is 4.79 Å². The second-order valence-corrected chi connectivity index (χ2v) is 6.15. The third kappa shape index (κ3) is 2.91. The highest BCUT2D eigenvalue weighted by atomic mass is 35.5. The van der Waals surface area contributed by atoms with Crippen molar-refractivity contribution in [3.63, 3.8) is 0 Å². The van der Waals surface area contributed by atoms with Gasteiger partial charge in [0.05, 0.1) is 5.69 Å². The van der Waals surface area contributed by atoms with Crippen LogP contribution in [0.15, 0.2) is 17.7 Å². The molecule has 2 rings (SSSR count). The third-order valence-electron chi connectivity index (χ3n) is 2.14. The first kappa shape index (κ1) is 13.1. The Labute approximate surface area is 114 Å². The summed E-state index contributed by atoms with van der Waals surface area (Å²) < 4.78 is 1.86. The van der Waals surface area contributed by atoms with E-state index >= 15 is 0 Å². The molecule has 0 spiro atoms. The van der Waals surface area contributed by atoms with Crippen molar-refractivity contribution >= 4 is 39.9 Å². The zero-order valence-electron chi connectivity index (χ0n) is 10.4. The number of halogens is 1. The van der Waals surface area contributed by atoms with Gasteiger partial charge < -0.3 is 5.32 Å². The number of amides is 1. The van der Waals surface area contributed by atoms with E-state index in [1.807, 2.05) is 36.7 Å². The molecule has 18 heavy (non-hydrogen) atoms. The van der Waals surface area contributed by atoms with Gasteiger partial charge in [-0.15, -0.1) is 11.3 Å². The van der Waals surface area contributed by atoms with Crippen molar-refractivity contribution in [3.05, 3.63) is 28.5 Å². The molecule has 0 aliphatic carbocycles. The molecule has 0 bridgehead atoms. The lowest BCUT2D eigenvalue weighted by atomic mass is 10.1. The molecule has 1 N–H and O–H groups in total. The van der Waals surface area contributed by atoms with Crippen molar-refractivity contribution in [3.8, 4) is 0 Å². The van der Waals surface area contributed by atoms with Gasteiger partial charge in [0.1, 0.15) is 0 Å². The zero-order valence-corrected chi connectivity index (χ0v) is 12.0. The second kappa shape index (κ2) is 4.74. The lowest BCUT2D eigenvalue weighted by molar-refractivity contribution is -0.117. The average Bonchev–Trinajstić information content (AvgIpc) is 2.72. The molecule has 2 heterocycles. The first-order valence-electron chi connectivity index (χ1n) is 5.48. The second-order valence-electron chi connectivity index (χ2n) is 4.92. The number of fused-ring (bicyclic) bond motifs is 1. The Morgan fingerprint density at radius 1 is 1.56 bits per heavy atom. The van der Waals surface area contributed by atoms with Gasteiger partial charge in [-0.1, -0.05) is 11.6 Å². The monoisotopic (exact) mass is 283 g/mol. The fraction of sp³-hybridized carbons (Fsp3) is 0.333. The largest absolute Gasteiger partial charge is 0.348 e. The number of hydrogen-bond acceptors (Lipinski definition) is 3. The van der Waals surface area contributed by atoms with Crippen LogP contribution in [0.25, 0.3) is 11.0 Å². The lowest BCUT2D eigenvalue weighted by Crippen LogP contribution is -2.39. The van der Waals surface area contributed by atoms with Crippen molar-refractivity contribution in [2.24, 2.45) is 0 Å². The van der Waals surface area contributed by atoms with Crippen molar-refractivity contribution in [2.75, 3.05) is 0 Å². The van der Waals surface area contributed by atoms with Gasteiger partial charge in [0.2, 0.25) is 5.91 Å². The van der Waals surface area contributed by atoms with Crippen LogP contribution in [0.5, 0.6) is 0 Å². The smallest absolute Gasteiger partial charge is 0.244 e. The molecular formula is C12H14ClN3OS. The van der Waals surface area contributed by atoms with Crippen LogP contribution in [0, 0.1) is 0 Å². The molecule has 0 saturated heterocycles. The Morgan fingerprint density at radius 2 is 2.28 bits per heavy atom. The highest BCUT2D eigenvalue weighted by molar-refractivity contribution is 7.15. The number of thiazole rings is 1.